The quantitative estimate of drug-likeness (QED) is 0.311. The van der Waals surface area contributed by atoms with Gasteiger partial charge in [-0.3, -0.25) is 9.89 Å². The molecular formula is C27H29N3O7. The van der Waals surface area contributed by atoms with E-state index in [1.54, 1.807) is 44.2 Å². The summed E-state index contributed by atoms with van der Waals surface area (Å²) in [5.74, 6) is -0.592. The first kappa shape index (κ1) is 25.6. The van der Waals surface area contributed by atoms with Crippen molar-refractivity contribution in [2.45, 2.75) is 33.6 Å². The Kier molecular flexibility index (Phi) is 7.10. The molecule has 3 N–H and O–H groups in total. The lowest BCUT2D eigenvalue weighted by Gasteiger charge is -2.18. The standard InChI is InChI=1S/C27H29N3O7/c1-14(2)13-36-20-10-9-17(12-21(20)35-5)24(23-16(4)29-37-27(23)34)22-15(3)28-30(25(22)31)19-8-6-7-18(11-19)26(32)33/h6-12,14,24,28-29H,13H2,1-5H3,(H,32,33). The lowest BCUT2D eigenvalue weighted by Crippen LogP contribution is -2.23. The SMILES string of the molecule is COc1cc(C(c2c(C)[nH]oc2=O)c2c(C)[nH]n(-c3cccc(C(=O)O)c3)c2=O)ccc1OCC(C)C. The second kappa shape index (κ2) is 10.3. The Morgan fingerprint density at radius 1 is 1.05 bits per heavy atom. The molecule has 0 fully saturated rings. The Balaban J connectivity index is 1.91. The highest BCUT2D eigenvalue weighted by atomic mass is 16.5. The van der Waals surface area contributed by atoms with Crippen LogP contribution in [-0.4, -0.2) is 39.7 Å². The summed E-state index contributed by atoms with van der Waals surface area (Å²) in [4.78, 5) is 38.1. The minimum absolute atomic E-state index is 0.0404. The number of H-pyrrole nitrogens is 2. The topological polar surface area (TPSA) is 140 Å². The summed E-state index contributed by atoms with van der Waals surface area (Å²) in [6, 6.07) is 11.3. The Hall–Kier alpha value is -4.47. The Morgan fingerprint density at radius 3 is 2.43 bits per heavy atom. The van der Waals surface area contributed by atoms with E-state index < -0.39 is 23.1 Å². The van der Waals surface area contributed by atoms with E-state index in [0.29, 0.717) is 52.2 Å². The van der Waals surface area contributed by atoms with Crippen molar-refractivity contribution >= 4 is 5.97 Å². The smallest absolute Gasteiger partial charge is 0.361 e. The zero-order valence-corrected chi connectivity index (χ0v) is 21.2. The van der Waals surface area contributed by atoms with Crippen LogP contribution < -0.4 is 20.7 Å². The molecule has 0 bridgehead atoms. The molecule has 0 spiro atoms. The Labute approximate surface area is 212 Å². The van der Waals surface area contributed by atoms with E-state index in [1.807, 2.05) is 13.8 Å². The molecule has 0 amide bonds. The molecular weight excluding hydrogens is 478 g/mol. The van der Waals surface area contributed by atoms with E-state index in [0.717, 1.165) is 0 Å². The third-order valence-corrected chi connectivity index (χ3v) is 6.06. The van der Waals surface area contributed by atoms with E-state index in [2.05, 4.69) is 10.3 Å². The highest BCUT2D eigenvalue weighted by Gasteiger charge is 2.31. The number of nitrogens with zero attached hydrogens (tertiary/aromatic N) is 1. The fraction of sp³-hybridized carbons (Fsp3) is 0.296. The molecule has 10 heteroatoms. The summed E-state index contributed by atoms with van der Waals surface area (Å²) in [6.45, 7) is 7.99. The Bertz CT molecular complexity index is 1550. The number of aromatic amines is 2. The average Bonchev–Trinajstić information content (AvgIpc) is 3.36. The molecule has 2 heterocycles. The number of benzene rings is 2. The molecule has 0 saturated heterocycles. The summed E-state index contributed by atoms with van der Waals surface area (Å²) in [6.07, 6.45) is 0. The molecule has 0 aliphatic heterocycles. The number of hydrogen-bond donors (Lipinski definition) is 3. The molecule has 0 saturated carbocycles. The molecule has 1 unspecified atom stereocenters. The highest BCUT2D eigenvalue weighted by molar-refractivity contribution is 5.88. The number of aromatic nitrogens is 3. The van der Waals surface area contributed by atoms with Gasteiger partial charge in [-0.05, 0) is 55.7 Å². The molecule has 37 heavy (non-hydrogen) atoms. The molecule has 4 aromatic rings. The van der Waals surface area contributed by atoms with E-state index in [9.17, 15) is 19.5 Å². The van der Waals surface area contributed by atoms with E-state index in [-0.39, 0.29) is 11.1 Å². The predicted octanol–water partition coefficient (Wildman–Crippen LogP) is 3.99. The Morgan fingerprint density at radius 2 is 1.81 bits per heavy atom. The molecule has 2 aromatic heterocycles. The number of aryl methyl sites for hydroxylation is 2. The van der Waals surface area contributed by atoms with Crippen LogP contribution in [0.2, 0.25) is 0 Å². The minimum atomic E-state index is -1.11. The molecule has 2 aromatic carbocycles. The molecule has 10 nitrogen and oxygen atoms in total. The van der Waals surface area contributed by atoms with Crippen LogP contribution in [0.5, 0.6) is 11.5 Å². The lowest BCUT2D eigenvalue weighted by molar-refractivity contribution is 0.0697. The van der Waals surface area contributed by atoms with Crippen molar-refractivity contribution in [1.82, 2.24) is 14.9 Å². The van der Waals surface area contributed by atoms with Gasteiger partial charge in [-0.2, -0.15) is 0 Å². The van der Waals surface area contributed by atoms with E-state index >= 15 is 0 Å². The summed E-state index contributed by atoms with van der Waals surface area (Å²) in [5.41, 5.74) is 1.57. The van der Waals surface area contributed by atoms with Crippen molar-refractivity contribution < 1.29 is 23.9 Å². The lowest BCUT2D eigenvalue weighted by atomic mass is 9.85. The number of hydrogen-bond acceptors (Lipinski definition) is 6. The van der Waals surface area contributed by atoms with Gasteiger partial charge in [-0.15, -0.1) is 0 Å². The zero-order chi connectivity index (χ0) is 26.9. The van der Waals surface area contributed by atoms with Gasteiger partial charge in [0.2, 0.25) is 0 Å². The summed E-state index contributed by atoms with van der Waals surface area (Å²) in [5, 5.41) is 15.0. The van der Waals surface area contributed by atoms with Crippen molar-refractivity contribution in [2.24, 2.45) is 5.92 Å². The molecule has 194 valence electrons. The first-order valence-electron chi connectivity index (χ1n) is 11.8. The number of aromatic carboxylic acids is 1. The number of carbonyl (C=O) groups is 1. The number of carboxylic acid groups (broad SMARTS) is 1. The molecule has 4 rings (SSSR count). The first-order chi connectivity index (χ1) is 17.6. The fourth-order valence-corrected chi connectivity index (χ4v) is 4.30. The van der Waals surface area contributed by atoms with Gasteiger partial charge in [0, 0.05) is 5.69 Å². The number of carboxylic acids is 1. The number of nitrogens with one attached hydrogen (secondary N) is 2. The maximum Gasteiger partial charge on any atom is 0.361 e. The third kappa shape index (κ3) is 4.95. The van der Waals surface area contributed by atoms with Gasteiger partial charge in [0.1, 0.15) is 0 Å². The van der Waals surface area contributed by atoms with Gasteiger partial charge in [-0.25, -0.2) is 19.4 Å². The maximum absolute atomic E-state index is 13.8. The minimum Gasteiger partial charge on any atom is -0.493 e. The summed E-state index contributed by atoms with van der Waals surface area (Å²) < 4.78 is 17.8. The van der Waals surface area contributed by atoms with Crippen LogP contribution in [0.15, 0.2) is 56.6 Å². The molecule has 0 radical (unpaired) electrons. The van der Waals surface area contributed by atoms with Gasteiger partial charge in [0.05, 0.1) is 47.7 Å². The number of rotatable bonds is 9. The average molecular weight is 508 g/mol. The van der Waals surface area contributed by atoms with Crippen LogP contribution >= 0.6 is 0 Å². The monoisotopic (exact) mass is 507 g/mol. The van der Waals surface area contributed by atoms with Gasteiger partial charge in [0.15, 0.2) is 11.5 Å². The van der Waals surface area contributed by atoms with Crippen LogP contribution in [-0.2, 0) is 0 Å². The van der Waals surface area contributed by atoms with Gasteiger partial charge < -0.3 is 19.1 Å². The van der Waals surface area contributed by atoms with Crippen molar-refractivity contribution in [3.05, 3.63) is 96.9 Å². The molecule has 0 aliphatic carbocycles. The predicted molar refractivity (Wildman–Crippen MR) is 136 cm³/mol. The van der Waals surface area contributed by atoms with Crippen LogP contribution in [0.1, 0.15) is 58.2 Å². The molecule has 0 aliphatic rings. The normalized spacial score (nSPS) is 12.1. The first-order valence-corrected chi connectivity index (χ1v) is 11.8. The third-order valence-electron chi connectivity index (χ3n) is 6.06. The van der Waals surface area contributed by atoms with Crippen molar-refractivity contribution in [2.75, 3.05) is 13.7 Å². The van der Waals surface area contributed by atoms with Crippen LogP contribution in [0.3, 0.4) is 0 Å². The van der Waals surface area contributed by atoms with Gasteiger partial charge >= 0.3 is 11.6 Å². The van der Waals surface area contributed by atoms with Gasteiger partial charge in [-0.1, -0.05) is 26.0 Å². The summed E-state index contributed by atoms with van der Waals surface area (Å²) in [7, 11) is 1.52. The van der Waals surface area contributed by atoms with Crippen LogP contribution in [0.4, 0.5) is 0 Å². The van der Waals surface area contributed by atoms with Gasteiger partial charge in [0.25, 0.3) is 5.56 Å². The van der Waals surface area contributed by atoms with Crippen molar-refractivity contribution in [3.8, 4) is 17.2 Å². The summed E-state index contributed by atoms with van der Waals surface area (Å²) >= 11 is 0. The van der Waals surface area contributed by atoms with Crippen LogP contribution in [0.25, 0.3) is 5.69 Å². The second-order valence-electron chi connectivity index (χ2n) is 9.22. The van der Waals surface area contributed by atoms with E-state index in [4.69, 9.17) is 14.0 Å². The number of ether oxygens (including phenoxy) is 2. The second-order valence-corrected chi connectivity index (χ2v) is 9.22. The zero-order valence-electron chi connectivity index (χ0n) is 21.2. The fourth-order valence-electron chi connectivity index (χ4n) is 4.30. The number of methoxy groups -OCH3 is 1. The van der Waals surface area contributed by atoms with Crippen molar-refractivity contribution in [3.63, 3.8) is 0 Å². The highest BCUT2D eigenvalue weighted by Crippen LogP contribution is 2.37. The van der Waals surface area contributed by atoms with Crippen LogP contribution in [0, 0.1) is 19.8 Å². The largest absolute Gasteiger partial charge is 0.493 e. The van der Waals surface area contributed by atoms with Crippen molar-refractivity contribution in [1.29, 1.82) is 0 Å². The maximum atomic E-state index is 13.8. The van der Waals surface area contributed by atoms with E-state index in [1.165, 1.54) is 23.9 Å². The molecule has 1 atom stereocenters.